The molecule has 0 spiro atoms. The Morgan fingerprint density at radius 3 is 2.00 bits per heavy atom. The van der Waals surface area contributed by atoms with Gasteiger partial charge in [0, 0.05) is 0 Å². The highest BCUT2D eigenvalue weighted by Gasteiger charge is 2.35. The number of aliphatic hydroxyl groups is 2. The minimum atomic E-state index is -0.573. The van der Waals surface area contributed by atoms with Crippen LogP contribution in [0.25, 0.3) is 0 Å². The summed E-state index contributed by atoms with van der Waals surface area (Å²) in [4.78, 5) is 0. The fraction of sp³-hybridized carbons (Fsp3) is 1.00. The van der Waals surface area contributed by atoms with E-state index in [9.17, 15) is 10.2 Å². The van der Waals surface area contributed by atoms with Crippen molar-refractivity contribution in [2.45, 2.75) is 57.7 Å². The van der Waals surface area contributed by atoms with Crippen LogP contribution in [0.4, 0.5) is 0 Å². The monoisotopic (exact) mass is 172 g/mol. The molecule has 0 saturated heterocycles. The molecule has 2 nitrogen and oxygen atoms in total. The molecule has 0 aliphatic heterocycles. The van der Waals surface area contributed by atoms with Gasteiger partial charge in [-0.25, -0.2) is 0 Å². The third kappa shape index (κ3) is 2.46. The lowest BCUT2D eigenvalue weighted by Gasteiger charge is -2.38. The summed E-state index contributed by atoms with van der Waals surface area (Å²) < 4.78 is 0. The predicted molar refractivity (Wildman–Crippen MR) is 48.9 cm³/mol. The Morgan fingerprint density at radius 1 is 1.25 bits per heavy atom. The molecule has 0 bridgehead atoms. The third-order valence-electron chi connectivity index (χ3n) is 3.06. The molecule has 0 unspecified atom stereocenters. The van der Waals surface area contributed by atoms with Crippen molar-refractivity contribution >= 4 is 0 Å². The van der Waals surface area contributed by atoms with Gasteiger partial charge in [-0.3, -0.25) is 0 Å². The Morgan fingerprint density at radius 2 is 1.67 bits per heavy atom. The van der Waals surface area contributed by atoms with Gasteiger partial charge in [0.15, 0.2) is 0 Å². The summed E-state index contributed by atoms with van der Waals surface area (Å²) in [5.74, 6) is 0.359. The molecule has 1 saturated carbocycles. The first-order valence-electron chi connectivity index (χ1n) is 4.76. The molecule has 0 heterocycles. The lowest BCUT2D eigenvalue weighted by atomic mass is 9.73. The fourth-order valence-corrected chi connectivity index (χ4v) is 1.95. The zero-order valence-corrected chi connectivity index (χ0v) is 8.30. The quantitative estimate of drug-likeness (QED) is 0.632. The number of hydrogen-bond donors (Lipinski definition) is 2. The minimum Gasteiger partial charge on any atom is -0.390 e. The maximum Gasteiger partial charge on any atom is 0.0620 e. The van der Waals surface area contributed by atoms with Gasteiger partial charge in [0.1, 0.15) is 0 Å². The first-order valence-corrected chi connectivity index (χ1v) is 4.76. The van der Waals surface area contributed by atoms with E-state index in [2.05, 4.69) is 0 Å². The lowest BCUT2D eigenvalue weighted by Crippen LogP contribution is -2.39. The van der Waals surface area contributed by atoms with Crippen molar-refractivity contribution in [1.82, 2.24) is 0 Å². The zero-order chi connectivity index (χ0) is 9.41. The smallest absolute Gasteiger partial charge is 0.0620 e. The van der Waals surface area contributed by atoms with Crippen LogP contribution in [-0.2, 0) is 0 Å². The SMILES string of the molecule is CC(C)(O)[C@H]1CC[C@@](C)(O)CC1. The predicted octanol–water partition coefficient (Wildman–Crippen LogP) is 1.70. The van der Waals surface area contributed by atoms with Gasteiger partial charge in [0.05, 0.1) is 11.2 Å². The summed E-state index contributed by atoms with van der Waals surface area (Å²) in [6, 6.07) is 0. The van der Waals surface area contributed by atoms with Gasteiger partial charge in [-0.05, 0) is 52.4 Å². The Balaban J connectivity index is 2.47. The van der Waals surface area contributed by atoms with Crippen LogP contribution < -0.4 is 0 Å². The van der Waals surface area contributed by atoms with Crippen LogP contribution >= 0.6 is 0 Å². The van der Waals surface area contributed by atoms with E-state index in [0.717, 1.165) is 25.7 Å². The molecule has 1 aliphatic rings. The van der Waals surface area contributed by atoms with Gasteiger partial charge in [-0.2, -0.15) is 0 Å². The molecule has 0 aromatic carbocycles. The van der Waals surface area contributed by atoms with E-state index < -0.39 is 11.2 Å². The van der Waals surface area contributed by atoms with E-state index >= 15 is 0 Å². The molecule has 1 rings (SSSR count). The van der Waals surface area contributed by atoms with Gasteiger partial charge in [-0.1, -0.05) is 0 Å². The average Bonchev–Trinajstić information content (AvgIpc) is 1.83. The Labute approximate surface area is 74.6 Å². The van der Waals surface area contributed by atoms with Crippen molar-refractivity contribution in [2.24, 2.45) is 5.92 Å². The molecule has 0 aromatic heterocycles. The fourth-order valence-electron chi connectivity index (χ4n) is 1.95. The van der Waals surface area contributed by atoms with Crippen molar-refractivity contribution in [3.63, 3.8) is 0 Å². The molecule has 0 aromatic rings. The van der Waals surface area contributed by atoms with Gasteiger partial charge >= 0.3 is 0 Å². The molecule has 1 fully saturated rings. The van der Waals surface area contributed by atoms with Crippen LogP contribution in [0.3, 0.4) is 0 Å². The maximum atomic E-state index is 9.73. The van der Waals surface area contributed by atoms with Crippen molar-refractivity contribution in [2.75, 3.05) is 0 Å². The minimum absolute atomic E-state index is 0.359. The van der Waals surface area contributed by atoms with Gasteiger partial charge < -0.3 is 10.2 Å². The first-order chi connectivity index (χ1) is 5.31. The van der Waals surface area contributed by atoms with E-state index in [1.165, 1.54) is 0 Å². The lowest BCUT2D eigenvalue weighted by molar-refractivity contribution is -0.0509. The highest BCUT2D eigenvalue weighted by Crippen LogP contribution is 2.36. The summed E-state index contributed by atoms with van der Waals surface area (Å²) in [6.07, 6.45) is 3.52. The molecule has 0 atom stereocenters. The normalized spacial score (nSPS) is 38.2. The van der Waals surface area contributed by atoms with E-state index in [1.807, 2.05) is 20.8 Å². The summed E-state index contributed by atoms with van der Waals surface area (Å²) in [6.45, 7) is 5.60. The molecule has 0 radical (unpaired) electrons. The van der Waals surface area contributed by atoms with E-state index in [-0.39, 0.29) is 0 Å². The van der Waals surface area contributed by atoms with E-state index in [4.69, 9.17) is 0 Å². The summed E-state index contributed by atoms with van der Waals surface area (Å²) in [7, 11) is 0. The van der Waals surface area contributed by atoms with E-state index in [1.54, 1.807) is 0 Å². The summed E-state index contributed by atoms with van der Waals surface area (Å²) in [5.41, 5.74) is -1.06. The van der Waals surface area contributed by atoms with Crippen molar-refractivity contribution < 1.29 is 10.2 Å². The van der Waals surface area contributed by atoms with Gasteiger partial charge in [0.2, 0.25) is 0 Å². The molecule has 72 valence electrons. The molecule has 12 heavy (non-hydrogen) atoms. The maximum absolute atomic E-state index is 9.73. The number of hydrogen-bond acceptors (Lipinski definition) is 2. The zero-order valence-electron chi connectivity index (χ0n) is 8.30. The Hall–Kier alpha value is -0.0800. The van der Waals surface area contributed by atoms with Gasteiger partial charge in [0.25, 0.3) is 0 Å². The van der Waals surface area contributed by atoms with Crippen LogP contribution in [0.5, 0.6) is 0 Å². The molecule has 1 aliphatic carbocycles. The highest BCUT2D eigenvalue weighted by atomic mass is 16.3. The highest BCUT2D eigenvalue weighted by molar-refractivity contribution is 4.87. The summed E-state index contributed by atoms with van der Waals surface area (Å²) >= 11 is 0. The molecular weight excluding hydrogens is 152 g/mol. The second-order valence-electron chi connectivity index (χ2n) is 4.92. The van der Waals surface area contributed by atoms with E-state index in [0.29, 0.717) is 5.92 Å². The van der Waals surface area contributed by atoms with Crippen molar-refractivity contribution in [1.29, 1.82) is 0 Å². The van der Waals surface area contributed by atoms with Crippen LogP contribution in [0.15, 0.2) is 0 Å². The molecule has 2 heteroatoms. The largest absolute Gasteiger partial charge is 0.390 e. The summed E-state index contributed by atoms with van der Waals surface area (Å²) in [5, 5.41) is 19.4. The second-order valence-corrected chi connectivity index (χ2v) is 4.92. The standard InChI is InChI=1S/C10H20O2/c1-9(2,11)8-4-6-10(3,12)7-5-8/h8,11-12H,4-7H2,1-3H3/t8-,10+. The van der Waals surface area contributed by atoms with Crippen LogP contribution in [-0.4, -0.2) is 21.4 Å². The average molecular weight is 172 g/mol. The van der Waals surface area contributed by atoms with Crippen molar-refractivity contribution in [3.05, 3.63) is 0 Å². The Bertz CT molecular complexity index is 146. The molecule has 2 N–H and O–H groups in total. The first kappa shape index (κ1) is 10.0. The van der Waals surface area contributed by atoms with Crippen LogP contribution in [0.1, 0.15) is 46.5 Å². The third-order valence-corrected chi connectivity index (χ3v) is 3.06. The van der Waals surface area contributed by atoms with Crippen LogP contribution in [0, 0.1) is 5.92 Å². The van der Waals surface area contributed by atoms with Crippen molar-refractivity contribution in [3.8, 4) is 0 Å². The van der Waals surface area contributed by atoms with Crippen LogP contribution in [0.2, 0.25) is 0 Å². The topological polar surface area (TPSA) is 40.5 Å². The second kappa shape index (κ2) is 3.00. The Kier molecular flexibility index (Phi) is 2.50. The van der Waals surface area contributed by atoms with Gasteiger partial charge in [-0.15, -0.1) is 0 Å². The molecular formula is C10H20O2. The molecule has 0 amide bonds. The number of rotatable bonds is 1.